The Morgan fingerprint density at radius 2 is 1.95 bits per heavy atom. The molecule has 108 valence electrons. The molecule has 0 aliphatic carbocycles. The van der Waals surface area contributed by atoms with Crippen LogP contribution < -0.4 is 5.32 Å². The number of pyridine rings is 1. The summed E-state index contributed by atoms with van der Waals surface area (Å²) in [4.78, 5) is 12.3. The van der Waals surface area contributed by atoms with E-state index in [1.807, 2.05) is 24.4 Å². The summed E-state index contributed by atoms with van der Waals surface area (Å²) in [5.41, 5.74) is 1.48. The van der Waals surface area contributed by atoms with Gasteiger partial charge >= 0.3 is 0 Å². The minimum Gasteiger partial charge on any atom is -0.352 e. The van der Waals surface area contributed by atoms with E-state index >= 15 is 0 Å². The molecular weight excluding hydrogens is 250 g/mol. The number of hydrogen-bond donors (Lipinski definition) is 1. The Hall–Kier alpha value is -1.84. The number of amides is 1. The Kier molecular flexibility index (Phi) is 4.42. The summed E-state index contributed by atoms with van der Waals surface area (Å²) >= 11 is 0. The molecule has 1 amide bonds. The Morgan fingerprint density at radius 1 is 1.25 bits per heavy atom. The number of nitrogens with one attached hydrogen (secondary N) is 1. The maximum atomic E-state index is 12.3. The van der Waals surface area contributed by atoms with Crippen molar-refractivity contribution in [3.05, 3.63) is 36.2 Å². The quantitative estimate of drug-likeness (QED) is 0.910. The summed E-state index contributed by atoms with van der Waals surface area (Å²) in [6.45, 7) is 9.51. The van der Waals surface area contributed by atoms with Gasteiger partial charge in [-0.05, 0) is 29.9 Å². The van der Waals surface area contributed by atoms with Gasteiger partial charge in [0.05, 0.1) is 17.3 Å². The Morgan fingerprint density at radius 3 is 2.60 bits per heavy atom. The second-order valence-corrected chi connectivity index (χ2v) is 5.95. The van der Waals surface area contributed by atoms with Crippen LogP contribution in [0.1, 0.15) is 38.1 Å². The molecule has 0 bridgehead atoms. The van der Waals surface area contributed by atoms with Gasteiger partial charge in [0.1, 0.15) is 0 Å². The fourth-order valence-electron chi connectivity index (χ4n) is 2.66. The van der Waals surface area contributed by atoms with E-state index in [4.69, 9.17) is 0 Å². The number of rotatable bonds is 5. The van der Waals surface area contributed by atoms with Crippen LogP contribution in [0.25, 0.3) is 5.52 Å². The molecule has 0 saturated carbocycles. The van der Waals surface area contributed by atoms with Crippen molar-refractivity contribution in [1.29, 1.82) is 0 Å². The smallest absolute Gasteiger partial charge is 0.255 e. The molecule has 0 aliphatic rings. The lowest BCUT2D eigenvalue weighted by molar-refractivity contribution is 0.0939. The highest BCUT2D eigenvalue weighted by molar-refractivity contribution is 6.00. The molecule has 0 radical (unpaired) electrons. The minimum atomic E-state index is -0.0440. The van der Waals surface area contributed by atoms with Crippen molar-refractivity contribution in [2.24, 2.45) is 17.8 Å². The topological polar surface area (TPSA) is 46.4 Å². The summed E-state index contributed by atoms with van der Waals surface area (Å²) in [6, 6.07) is 5.72. The van der Waals surface area contributed by atoms with Crippen LogP contribution in [0, 0.1) is 17.8 Å². The average molecular weight is 273 g/mol. The van der Waals surface area contributed by atoms with Crippen LogP contribution in [-0.4, -0.2) is 22.1 Å². The van der Waals surface area contributed by atoms with Crippen molar-refractivity contribution >= 4 is 11.4 Å². The van der Waals surface area contributed by atoms with Crippen LogP contribution in [0.3, 0.4) is 0 Å². The molecule has 20 heavy (non-hydrogen) atoms. The maximum Gasteiger partial charge on any atom is 0.255 e. The third-order valence-corrected chi connectivity index (χ3v) is 3.88. The standard InChI is InChI=1S/C16H23N3O/c1-11(2)13(12(3)4)9-17-16(20)14-10-18-19-8-6-5-7-15(14)19/h5-8,10-13H,9H2,1-4H3,(H,17,20). The van der Waals surface area contributed by atoms with E-state index in [2.05, 4.69) is 38.1 Å². The number of hydrogen-bond acceptors (Lipinski definition) is 2. The van der Waals surface area contributed by atoms with Gasteiger partial charge in [0.2, 0.25) is 0 Å². The Bertz CT molecular complexity index is 578. The van der Waals surface area contributed by atoms with Gasteiger partial charge in [0.15, 0.2) is 0 Å². The number of carbonyl (C=O) groups excluding carboxylic acids is 1. The zero-order valence-corrected chi connectivity index (χ0v) is 12.6. The lowest BCUT2D eigenvalue weighted by atomic mass is 9.85. The van der Waals surface area contributed by atoms with Crippen molar-refractivity contribution in [2.45, 2.75) is 27.7 Å². The number of nitrogens with zero attached hydrogens (tertiary/aromatic N) is 2. The van der Waals surface area contributed by atoms with Crippen molar-refractivity contribution in [3.8, 4) is 0 Å². The highest BCUT2D eigenvalue weighted by Crippen LogP contribution is 2.19. The highest BCUT2D eigenvalue weighted by Gasteiger charge is 2.19. The van der Waals surface area contributed by atoms with Gasteiger partial charge in [-0.1, -0.05) is 33.8 Å². The fourth-order valence-corrected chi connectivity index (χ4v) is 2.66. The average Bonchev–Trinajstić information content (AvgIpc) is 2.81. The molecule has 4 nitrogen and oxygen atoms in total. The van der Waals surface area contributed by atoms with Gasteiger partial charge in [-0.15, -0.1) is 0 Å². The van der Waals surface area contributed by atoms with Crippen LogP contribution in [0.5, 0.6) is 0 Å². The lowest BCUT2D eigenvalue weighted by Gasteiger charge is -2.24. The molecular formula is C16H23N3O. The van der Waals surface area contributed by atoms with E-state index < -0.39 is 0 Å². The molecule has 0 fully saturated rings. The van der Waals surface area contributed by atoms with E-state index in [-0.39, 0.29) is 5.91 Å². The van der Waals surface area contributed by atoms with E-state index in [9.17, 15) is 4.79 Å². The second-order valence-electron chi connectivity index (χ2n) is 5.95. The third kappa shape index (κ3) is 3.00. The molecule has 2 rings (SSSR count). The van der Waals surface area contributed by atoms with Gasteiger partial charge < -0.3 is 5.32 Å². The molecule has 0 aliphatic heterocycles. The van der Waals surface area contributed by atoms with Gasteiger partial charge in [-0.2, -0.15) is 5.10 Å². The molecule has 0 aromatic carbocycles. The first-order valence-corrected chi connectivity index (χ1v) is 7.21. The van der Waals surface area contributed by atoms with Gasteiger partial charge in [0, 0.05) is 12.7 Å². The summed E-state index contributed by atoms with van der Waals surface area (Å²) in [6.07, 6.45) is 3.47. The zero-order chi connectivity index (χ0) is 14.7. The largest absolute Gasteiger partial charge is 0.352 e. The van der Waals surface area contributed by atoms with Crippen molar-refractivity contribution in [3.63, 3.8) is 0 Å². The van der Waals surface area contributed by atoms with Crippen LogP contribution in [0.15, 0.2) is 30.6 Å². The first-order chi connectivity index (χ1) is 9.50. The molecule has 2 aromatic heterocycles. The van der Waals surface area contributed by atoms with Crippen LogP contribution in [0.2, 0.25) is 0 Å². The normalized spacial score (nSPS) is 11.8. The van der Waals surface area contributed by atoms with E-state index in [1.54, 1.807) is 10.7 Å². The first-order valence-electron chi connectivity index (χ1n) is 7.21. The molecule has 2 heterocycles. The van der Waals surface area contributed by atoms with Crippen molar-refractivity contribution < 1.29 is 4.79 Å². The number of fused-ring (bicyclic) bond motifs is 1. The van der Waals surface area contributed by atoms with Gasteiger partial charge in [-0.3, -0.25) is 4.79 Å². The Labute approximate surface area is 120 Å². The summed E-state index contributed by atoms with van der Waals surface area (Å²) in [5, 5.41) is 7.24. The monoisotopic (exact) mass is 273 g/mol. The van der Waals surface area contributed by atoms with Crippen molar-refractivity contribution in [2.75, 3.05) is 6.54 Å². The third-order valence-electron chi connectivity index (χ3n) is 3.88. The van der Waals surface area contributed by atoms with Crippen LogP contribution in [-0.2, 0) is 0 Å². The molecule has 4 heteroatoms. The summed E-state index contributed by atoms with van der Waals surface area (Å²) in [5.74, 6) is 1.55. The minimum absolute atomic E-state index is 0.0440. The van der Waals surface area contributed by atoms with Gasteiger partial charge in [-0.25, -0.2) is 4.52 Å². The Balaban J connectivity index is 2.09. The molecule has 1 N–H and O–H groups in total. The van der Waals surface area contributed by atoms with E-state index in [1.165, 1.54) is 0 Å². The number of aromatic nitrogens is 2. The predicted molar refractivity (Wildman–Crippen MR) is 80.7 cm³/mol. The molecule has 0 unspecified atom stereocenters. The fraction of sp³-hybridized carbons (Fsp3) is 0.500. The summed E-state index contributed by atoms with van der Waals surface area (Å²) in [7, 11) is 0. The highest BCUT2D eigenvalue weighted by atomic mass is 16.1. The molecule has 2 aromatic rings. The SMILES string of the molecule is CC(C)C(CNC(=O)c1cnn2ccccc12)C(C)C. The molecule has 0 saturated heterocycles. The molecule has 0 atom stereocenters. The molecule has 0 spiro atoms. The van der Waals surface area contributed by atoms with Crippen LogP contribution >= 0.6 is 0 Å². The zero-order valence-electron chi connectivity index (χ0n) is 12.6. The lowest BCUT2D eigenvalue weighted by Crippen LogP contribution is -2.33. The maximum absolute atomic E-state index is 12.3. The van der Waals surface area contributed by atoms with Crippen molar-refractivity contribution in [1.82, 2.24) is 14.9 Å². The summed E-state index contributed by atoms with van der Waals surface area (Å²) < 4.78 is 1.72. The van der Waals surface area contributed by atoms with Gasteiger partial charge in [0.25, 0.3) is 5.91 Å². The van der Waals surface area contributed by atoms with Crippen LogP contribution in [0.4, 0.5) is 0 Å². The predicted octanol–water partition coefficient (Wildman–Crippen LogP) is 2.99. The van der Waals surface area contributed by atoms with E-state index in [0.717, 1.165) is 5.52 Å². The second kappa shape index (κ2) is 6.07. The van der Waals surface area contributed by atoms with E-state index in [0.29, 0.717) is 29.9 Å². The number of carbonyl (C=O) groups is 1. The first kappa shape index (κ1) is 14.6.